The molecule has 0 heterocycles. The van der Waals surface area contributed by atoms with E-state index >= 15 is 0 Å². The molecule has 0 N–H and O–H groups in total. The van der Waals surface area contributed by atoms with Crippen molar-refractivity contribution in [3.05, 3.63) is 107 Å². The average molecular weight is 294 g/mol. The Morgan fingerprint density at radius 3 is 1.05 bits per heavy atom. The maximum atomic E-state index is 8.41. The number of hydrogen-bond acceptors (Lipinski definition) is 0. The summed E-state index contributed by atoms with van der Waals surface area (Å²) in [5.41, 5.74) is -2.49. The second-order valence-corrected chi connectivity index (χ2v) is 4.23. The lowest BCUT2D eigenvalue weighted by Gasteiger charge is -2.29. The Labute approximate surface area is 145 Å². The lowest BCUT2D eigenvalue weighted by atomic mass is 9.84. The van der Waals surface area contributed by atoms with Crippen LogP contribution in [0.2, 0.25) is 0 Å². The van der Waals surface area contributed by atoms with E-state index in [1.54, 1.807) is 0 Å². The molecular weight excluding hydrogens is 264 g/mol. The summed E-state index contributed by atoms with van der Waals surface area (Å²) in [6.07, 6.45) is 0. The van der Waals surface area contributed by atoms with Crippen LogP contribution in [-0.2, 0) is 4.87 Å². The first-order valence-corrected chi connectivity index (χ1v) is 5.82. The second kappa shape index (κ2) is 5.52. The molecule has 0 aliphatic rings. The number of benzene rings is 3. The Bertz CT molecular complexity index is 1160. The maximum absolute atomic E-state index is 8.41. The first-order valence-electron chi connectivity index (χ1n) is 12.9. The molecule has 0 fully saturated rings. The van der Waals surface area contributed by atoms with Gasteiger partial charge in [0.25, 0.3) is 0 Å². The van der Waals surface area contributed by atoms with E-state index in [-0.39, 0.29) is 0 Å². The van der Waals surface area contributed by atoms with Crippen LogP contribution in [0.15, 0.2) is 90.6 Å². The summed E-state index contributed by atoms with van der Waals surface area (Å²) < 4.78 is 122. The fourth-order valence-corrected chi connectivity index (χ4v) is 1.93. The second-order valence-electron chi connectivity index (χ2n) is 3.66. The van der Waals surface area contributed by atoms with Gasteiger partial charge in [0, 0.05) is 0 Å². The summed E-state index contributed by atoms with van der Waals surface area (Å²) in [6.45, 7) is 0. The Morgan fingerprint density at radius 1 is 0.550 bits per heavy atom. The van der Waals surface area contributed by atoms with Crippen LogP contribution in [0.25, 0.3) is 0 Å². The predicted octanol–water partition coefficient (Wildman–Crippen LogP) is 5.22. The van der Waals surface area contributed by atoms with Gasteiger partial charge in [-0.1, -0.05) is 90.6 Å². The van der Waals surface area contributed by atoms with E-state index in [9.17, 15) is 0 Å². The van der Waals surface area contributed by atoms with Gasteiger partial charge in [0.2, 0.25) is 0 Å². The summed E-state index contributed by atoms with van der Waals surface area (Å²) in [4.78, 5) is -2.88. The molecule has 0 spiro atoms. The van der Waals surface area contributed by atoms with Crippen molar-refractivity contribution in [2.45, 2.75) is 4.87 Å². The van der Waals surface area contributed by atoms with Gasteiger partial charge in [0.05, 0.1) is 20.6 Å². The van der Waals surface area contributed by atoms with Crippen LogP contribution >= 0.6 is 11.6 Å². The number of hydrogen-bond donors (Lipinski definition) is 0. The van der Waals surface area contributed by atoms with Gasteiger partial charge < -0.3 is 0 Å². The van der Waals surface area contributed by atoms with E-state index in [1.165, 1.54) is 0 Å². The quantitative estimate of drug-likeness (QED) is 0.459. The molecule has 0 nitrogen and oxygen atoms in total. The maximum Gasteiger partial charge on any atom is 0.119 e. The molecule has 0 aliphatic carbocycles. The summed E-state index contributed by atoms with van der Waals surface area (Å²) in [5, 5.41) is 0. The van der Waals surface area contributed by atoms with Gasteiger partial charge in [-0.15, -0.1) is 11.6 Å². The zero-order chi connectivity index (χ0) is 26.9. The number of halogens is 1. The predicted molar refractivity (Wildman–Crippen MR) is 85.1 cm³/mol. The molecular formula is C19H15Cl. The average Bonchev–Trinajstić information content (AvgIpc) is 2.81. The Hall–Kier alpha value is -2.05. The normalized spacial score (nSPS) is 21.8. The molecule has 98 valence electrons. The molecule has 3 aromatic carbocycles. The standard InChI is InChI=1S/C19H15Cl/c20-19(16-10-4-1-5-11-16,17-12-6-2-7-13-17)18-14-8-3-9-15-18/h1-15H/i1D,2D,3D,4D,5D,6D,7D,8D,9D,10D,11D,12D,13D,14D,15D. The van der Waals surface area contributed by atoms with E-state index in [1.807, 2.05) is 0 Å². The fraction of sp³-hybridized carbons (Fsp3) is 0.0526. The van der Waals surface area contributed by atoms with E-state index < -0.39 is 112 Å². The molecule has 0 saturated carbocycles. The largest absolute Gasteiger partial charge is 0.119 e. The van der Waals surface area contributed by atoms with Gasteiger partial charge in [-0.2, -0.15) is 0 Å². The van der Waals surface area contributed by atoms with Crippen molar-refractivity contribution in [3.8, 4) is 0 Å². The molecule has 0 radical (unpaired) electrons. The molecule has 0 aromatic heterocycles. The molecule has 3 rings (SSSR count). The van der Waals surface area contributed by atoms with E-state index in [2.05, 4.69) is 0 Å². The van der Waals surface area contributed by atoms with Gasteiger partial charge in [0.15, 0.2) is 0 Å². The lowest BCUT2D eigenvalue weighted by Crippen LogP contribution is -2.22. The highest BCUT2D eigenvalue weighted by atomic mass is 35.5. The molecule has 3 aromatic rings. The molecule has 0 atom stereocenters. The summed E-state index contributed by atoms with van der Waals surface area (Å²) in [6, 6.07) is -13.4. The Morgan fingerprint density at radius 2 is 0.800 bits per heavy atom. The third-order valence-corrected chi connectivity index (χ3v) is 3.10. The molecule has 20 heavy (non-hydrogen) atoms. The van der Waals surface area contributed by atoms with Crippen LogP contribution in [0.4, 0.5) is 0 Å². The molecule has 0 amide bonds. The zero-order valence-electron chi connectivity index (χ0n) is 24.9. The third kappa shape index (κ3) is 2.23. The molecule has 0 saturated heterocycles. The first-order chi connectivity index (χ1) is 16.0. The Kier molecular flexibility index (Phi) is 1.17. The summed E-state index contributed by atoms with van der Waals surface area (Å²) in [7, 11) is 0. The fourth-order valence-electron chi connectivity index (χ4n) is 1.64. The minimum absolute atomic E-state index is 0.815. The van der Waals surface area contributed by atoms with Crippen molar-refractivity contribution < 1.29 is 20.6 Å². The third-order valence-electron chi connectivity index (χ3n) is 2.53. The van der Waals surface area contributed by atoms with Crippen LogP contribution < -0.4 is 0 Å². The van der Waals surface area contributed by atoms with Crippen LogP contribution in [0, 0.1) is 0 Å². The lowest BCUT2D eigenvalue weighted by molar-refractivity contribution is 0.879. The first kappa shape index (κ1) is 4.22. The number of rotatable bonds is 3. The number of alkyl halides is 1. The van der Waals surface area contributed by atoms with Crippen molar-refractivity contribution in [3.63, 3.8) is 0 Å². The topological polar surface area (TPSA) is 0 Å². The zero-order valence-corrected chi connectivity index (χ0v) is 10.6. The SMILES string of the molecule is [2H]c1c([2H])c([2H])c(C(Cl)(c2c([2H])c([2H])c([2H])c([2H])c2[2H])c2c([2H])c([2H])c([2H])c([2H])c2[2H])c([2H])c1[2H]. The van der Waals surface area contributed by atoms with Crippen LogP contribution in [-0.4, -0.2) is 0 Å². The van der Waals surface area contributed by atoms with Crippen LogP contribution in [0.1, 0.15) is 37.3 Å². The molecule has 0 unspecified atom stereocenters. The van der Waals surface area contributed by atoms with Crippen LogP contribution in [0.5, 0.6) is 0 Å². The van der Waals surface area contributed by atoms with Crippen LogP contribution in [0.3, 0.4) is 0 Å². The highest BCUT2D eigenvalue weighted by Gasteiger charge is 2.33. The molecule has 0 bridgehead atoms. The van der Waals surface area contributed by atoms with Crippen molar-refractivity contribution in [2.24, 2.45) is 0 Å². The van der Waals surface area contributed by atoms with Crippen molar-refractivity contribution >= 4 is 11.6 Å². The minimum atomic E-state index is -2.88. The summed E-state index contributed by atoms with van der Waals surface area (Å²) in [5.74, 6) is 0. The smallest absolute Gasteiger partial charge is 0.104 e. The van der Waals surface area contributed by atoms with Gasteiger partial charge in [-0.25, -0.2) is 0 Å². The van der Waals surface area contributed by atoms with E-state index in [0.29, 0.717) is 0 Å². The van der Waals surface area contributed by atoms with Gasteiger partial charge in [-0.05, 0) is 16.7 Å². The Balaban J connectivity index is 2.78. The monoisotopic (exact) mass is 293 g/mol. The highest BCUT2D eigenvalue weighted by Crippen LogP contribution is 2.42. The van der Waals surface area contributed by atoms with Gasteiger partial charge >= 0.3 is 0 Å². The van der Waals surface area contributed by atoms with Crippen molar-refractivity contribution in [1.29, 1.82) is 0 Å². The molecule has 1 heteroatoms. The van der Waals surface area contributed by atoms with E-state index in [4.69, 9.17) is 32.2 Å². The van der Waals surface area contributed by atoms with Gasteiger partial charge in [-0.3, -0.25) is 0 Å². The molecule has 0 aliphatic heterocycles. The van der Waals surface area contributed by atoms with Crippen molar-refractivity contribution in [1.82, 2.24) is 0 Å². The van der Waals surface area contributed by atoms with Gasteiger partial charge in [0.1, 0.15) is 4.87 Å². The van der Waals surface area contributed by atoms with E-state index in [0.717, 1.165) is 0 Å². The van der Waals surface area contributed by atoms with Crippen molar-refractivity contribution in [2.75, 3.05) is 0 Å². The summed E-state index contributed by atoms with van der Waals surface area (Å²) >= 11 is 6.93. The minimum Gasteiger partial charge on any atom is -0.104 e. The highest BCUT2D eigenvalue weighted by molar-refractivity contribution is 6.28.